The number of Topliss-reactive ketones (excluding diaryl/α,β-unsaturated/α-hetero) is 1. The standard InChI is InChI=1S/C21H20N4O4/c1-4-25-20(27)19(23-15-6-5-9-22-11-15)17(13(3)26)18(24-25)14-7-8-16(21(28)29)12(2)10-14/h5-11,23H,4H2,1-3H3,(H,28,29). The Kier molecular flexibility index (Phi) is 5.54. The van der Waals surface area contributed by atoms with Crippen LogP contribution in [0.1, 0.15) is 40.1 Å². The van der Waals surface area contributed by atoms with Crippen LogP contribution in [0, 0.1) is 6.92 Å². The number of aryl methyl sites for hydroxylation is 2. The molecule has 0 saturated heterocycles. The fourth-order valence-corrected chi connectivity index (χ4v) is 3.08. The molecule has 8 nitrogen and oxygen atoms in total. The fourth-order valence-electron chi connectivity index (χ4n) is 3.08. The highest BCUT2D eigenvalue weighted by molar-refractivity contribution is 6.05. The van der Waals surface area contributed by atoms with Crippen molar-refractivity contribution < 1.29 is 14.7 Å². The number of carbonyl (C=O) groups is 2. The quantitative estimate of drug-likeness (QED) is 0.619. The molecule has 0 unspecified atom stereocenters. The van der Waals surface area contributed by atoms with Crippen molar-refractivity contribution in [2.45, 2.75) is 27.3 Å². The van der Waals surface area contributed by atoms with Crippen LogP contribution in [0.25, 0.3) is 11.3 Å². The van der Waals surface area contributed by atoms with Crippen molar-refractivity contribution in [3.05, 3.63) is 69.8 Å². The van der Waals surface area contributed by atoms with Crippen LogP contribution in [0.15, 0.2) is 47.5 Å². The average molecular weight is 392 g/mol. The lowest BCUT2D eigenvalue weighted by molar-refractivity contribution is 0.0696. The summed E-state index contributed by atoms with van der Waals surface area (Å²) in [7, 11) is 0. The summed E-state index contributed by atoms with van der Waals surface area (Å²) in [6.07, 6.45) is 3.15. The van der Waals surface area contributed by atoms with Crippen LogP contribution in [0.3, 0.4) is 0 Å². The Morgan fingerprint density at radius 2 is 2.00 bits per heavy atom. The van der Waals surface area contributed by atoms with Crippen molar-refractivity contribution >= 4 is 23.1 Å². The summed E-state index contributed by atoms with van der Waals surface area (Å²) in [4.78, 5) is 40.8. The number of ketones is 1. The van der Waals surface area contributed by atoms with Gasteiger partial charge in [-0.05, 0) is 50.6 Å². The Balaban J connectivity index is 2.28. The predicted molar refractivity (Wildman–Crippen MR) is 109 cm³/mol. The lowest BCUT2D eigenvalue weighted by Crippen LogP contribution is -2.28. The first-order valence-electron chi connectivity index (χ1n) is 9.00. The molecule has 8 heteroatoms. The van der Waals surface area contributed by atoms with Crippen LogP contribution >= 0.6 is 0 Å². The van der Waals surface area contributed by atoms with E-state index in [-0.39, 0.29) is 22.6 Å². The first kappa shape index (κ1) is 19.9. The summed E-state index contributed by atoms with van der Waals surface area (Å²) in [6.45, 7) is 5.12. The summed E-state index contributed by atoms with van der Waals surface area (Å²) in [6, 6.07) is 8.15. The Morgan fingerprint density at radius 1 is 1.24 bits per heavy atom. The molecule has 0 spiro atoms. The number of aromatic nitrogens is 3. The molecule has 2 N–H and O–H groups in total. The van der Waals surface area contributed by atoms with Crippen molar-refractivity contribution in [3.63, 3.8) is 0 Å². The zero-order valence-electron chi connectivity index (χ0n) is 16.3. The lowest BCUT2D eigenvalue weighted by Gasteiger charge is -2.16. The van der Waals surface area contributed by atoms with Crippen molar-refractivity contribution in [1.82, 2.24) is 14.8 Å². The Bertz CT molecular complexity index is 1150. The monoisotopic (exact) mass is 392 g/mol. The number of carbonyl (C=O) groups excluding carboxylic acids is 1. The van der Waals surface area contributed by atoms with Crippen LogP contribution in [-0.4, -0.2) is 31.6 Å². The molecule has 0 amide bonds. The normalized spacial score (nSPS) is 10.6. The van der Waals surface area contributed by atoms with Crippen LogP contribution in [0.4, 0.5) is 11.4 Å². The minimum absolute atomic E-state index is 0.109. The van der Waals surface area contributed by atoms with Crippen molar-refractivity contribution in [1.29, 1.82) is 0 Å². The molecule has 1 aromatic carbocycles. The maximum atomic E-state index is 12.9. The minimum Gasteiger partial charge on any atom is -0.478 e. The summed E-state index contributed by atoms with van der Waals surface area (Å²) in [5.74, 6) is -1.37. The minimum atomic E-state index is -1.04. The topological polar surface area (TPSA) is 114 Å². The summed E-state index contributed by atoms with van der Waals surface area (Å²) in [5, 5.41) is 16.6. The van der Waals surface area contributed by atoms with Gasteiger partial charge in [-0.2, -0.15) is 5.10 Å². The van der Waals surface area contributed by atoms with E-state index in [1.165, 1.54) is 17.7 Å². The molecule has 2 aromatic heterocycles. The van der Waals surface area contributed by atoms with Gasteiger partial charge in [-0.25, -0.2) is 9.48 Å². The average Bonchev–Trinajstić information content (AvgIpc) is 2.69. The van der Waals surface area contributed by atoms with E-state index in [0.717, 1.165) is 0 Å². The number of pyridine rings is 1. The van der Waals surface area contributed by atoms with Crippen molar-refractivity contribution in [2.75, 3.05) is 5.32 Å². The van der Waals surface area contributed by atoms with Gasteiger partial charge in [0.05, 0.1) is 23.0 Å². The van der Waals surface area contributed by atoms with E-state index in [9.17, 15) is 19.5 Å². The zero-order valence-corrected chi connectivity index (χ0v) is 16.3. The number of anilines is 2. The van der Waals surface area contributed by atoms with Gasteiger partial charge >= 0.3 is 5.97 Å². The molecule has 29 heavy (non-hydrogen) atoms. The second-order valence-electron chi connectivity index (χ2n) is 6.48. The summed E-state index contributed by atoms with van der Waals surface area (Å²) < 4.78 is 1.26. The van der Waals surface area contributed by atoms with Gasteiger partial charge in [0.1, 0.15) is 11.4 Å². The van der Waals surface area contributed by atoms with Crippen molar-refractivity contribution in [3.8, 4) is 11.3 Å². The van der Waals surface area contributed by atoms with E-state index in [4.69, 9.17) is 0 Å². The number of rotatable bonds is 6. The molecule has 0 aliphatic heterocycles. The first-order chi connectivity index (χ1) is 13.8. The van der Waals surface area contributed by atoms with Gasteiger partial charge in [0.25, 0.3) is 5.56 Å². The van der Waals surface area contributed by atoms with Gasteiger partial charge in [-0.1, -0.05) is 6.07 Å². The molecule has 3 aromatic rings. The number of hydrogen-bond acceptors (Lipinski definition) is 6. The SMILES string of the molecule is CCn1nc(-c2ccc(C(=O)O)c(C)c2)c(C(C)=O)c(Nc2cccnc2)c1=O. The molecular weight excluding hydrogens is 372 g/mol. The lowest BCUT2D eigenvalue weighted by atomic mass is 9.98. The summed E-state index contributed by atoms with van der Waals surface area (Å²) in [5.41, 5.74) is 1.94. The second-order valence-corrected chi connectivity index (χ2v) is 6.48. The predicted octanol–water partition coefficient (Wildman–Crippen LogP) is 3.28. The maximum absolute atomic E-state index is 12.9. The highest BCUT2D eigenvalue weighted by Gasteiger charge is 2.22. The van der Waals surface area contributed by atoms with Crippen LogP contribution in [-0.2, 0) is 6.54 Å². The number of aromatic carboxylic acids is 1. The highest BCUT2D eigenvalue weighted by atomic mass is 16.4. The Morgan fingerprint density at radius 3 is 2.55 bits per heavy atom. The van der Waals surface area contributed by atoms with Gasteiger partial charge in [0.2, 0.25) is 0 Å². The third-order valence-corrected chi connectivity index (χ3v) is 4.47. The first-order valence-corrected chi connectivity index (χ1v) is 9.00. The van der Waals surface area contributed by atoms with Gasteiger partial charge in [-0.3, -0.25) is 14.6 Å². The Hall–Kier alpha value is -3.81. The van der Waals surface area contributed by atoms with E-state index in [2.05, 4.69) is 15.4 Å². The van der Waals surface area contributed by atoms with E-state index in [1.807, 2.05) is 0 Å². The maximum Gasteiger partial charge on any atom is 0.335 e. The second kappa shape index (κ2) is 8.05. The van der Waals surface area contributed by atoms with Crippen LogP contribution in [0.5, 0.6) is 0 Å². The smallest absolute Gasteiger partial charge is 0.335 e. The van der Waals surface area contributed by atoms with Crippen molar-refractivity contribution in [2.24, 2.45) is 0 Å². The molecule has 0 radical (unpaired) electrons. The van der Waals surface area contributed by atoms with Gasteiger partial charge in [0, 0.05) is 18.3 Å². The third kappa shape index (κ3) is 3.91. The van der Waals surface area contributed by atoms with Crippen LogP contribution < -0.4 is 10.9 Å². The largest absolute Gasteiger partial charge is 0.478 e. The number of benzene rings is 1. The number of carboxylic acid groups (broad SMARTS) is 1. The molecule has 3 rings (SSSR count). The van der Waals surface area contributed by atoms with E-state index in [1.54, 1.807) is 50.5 Å². The van der Waals surface area contributed by atoms with E-state index < -0.39 is 11.5 Å². The third-order valence-electron chi connectivity index (χ3n) is 4.47. The van der Waals surface area contributed by atoms with Crippen LogP contribution in [0.2, 0.25) is 0 Å². The molecular formula is C21H20N4O4. The van der Waals surface area contributed by atoms with Gasteiger partial charge < -0.3 is 10.4 Å². The number of hydrogen-bond donors (Lipinski definition) is 2. The number of nitrogens with one attached hydrogen (secondary N) is 1. The molecule has 0 saturated carbocycles. The highest BCUT2D eigenvalue weighted by Crippen LogP contribution is 2.29. The van der Waals surface area contributed by atoms with Gasteiger partial charge in [0.15, 0.2) is 5.78 Å². The summed E-state index contributed by atoms with van der Waals surface area (Å²) >= 11 is 0. The number of carboxylic acids is 1. The Labute approximate surface area is 166 Å². The molecule has 2 heterocycles. The fraction of sp³-hybridized carbons (Fsp3) is 0.190. The zero-order chi connectivity index (χ0) is 21.1. The molecule has 0 aliphatic rings. The molecule has 0 atom stereocenters. The molecule has 0 fully saturated rings. The number of nitrogens with zero attached hydrogens (tertiary/aromatic N) is 3. The van der Waals surface area contributed by atoms with Gasteiger partial charge in [-0.15, -0.1) is 0 Å². The molecule has 0 aliphatic carbocycles. The van der Waals surface area contributed by atoms with E-state index in [0.29, 0.717) is 29.1 Å². The molecule has 148 valence electrons. The molecule has 0 bridgehead atoms. The van der Waals surface area contributed by atoms with E-state index >= 15 is 0 Å².